The van der Waals surface area contributed by atoms with Gasteiger partial charge in [0, 0.05) is 7.11 Å². The second kappa shape index (κ2) is 8.34. The number of anilines is 1. The molecule has 2 rings (SSSR count). The van der Waals surface area contributed by atoms with E-state index in [9.17, 15) is 18.4 Å². The molecule has 0 heterocycles. The summed E-state index contributed by atoms with van der Waals surface area (Å²) < 4.78 is 37.1. The molecule has 25 heavy (non-hydrogen) atoms. The highest BCUT2D eigenvalue weighted by Gasteiger charge is 2.21. The first-order valence-electron chi connectivity index (χ1n) is 7.46. The van der Waals surface area contributed by atoms with Gasteiger partial charge in [0.25, 0.3) is 5.91 Å². The second-order valence-electron chi connectivity index (χ2n) is 5.27. The van der Waals surface area contributed by atoms with Crippen molar-refractivity contribution in [2.45, 2.75) is 19.6 Å². The summed E-state index contributed by atoms with van der Waals surface area (Å²) in [4.78, 5) is 24.1. The minimum atomic E-state index is -1.24. The van der Waals surface area contributed by atoms with Crippen LogP contribution in [0.2, 0.25) is 0 Å². The average molecular weight is 349 g/mol. The van der Waals surface area contributed by atoms with Crippen LogP contribution >= 0.6 is 0 Å². The Morgan fingerprint density at radius 3 is 2.40 bits per heavy atom. The van der Waals surface area contributed by atoms with Crippen LogP contribution < -0.4 is 5.32 Å². The van der Waals surface area contributed by atoms with E-state index in [-0.39, 0.29) is 5.56 Å². The highest BCUT2D eigenvalue weighted by molar-refractivity contribution is 5.97. The van der Waals surface area contributed by atoms with E-state index in [2.05, 4.69) is 5.32 Å². The third-order valence-corrected chi connectivity index (χ3v) is 3.34. The maximum absolute atomic E-state index is 13.5. The number of benzene rings is 2. The van der Waals surface area contributed by atoms with Gasteiger partial charge < -0.3 is 14.8 Å². The first-order valence-corrected chi connectivity index (χ1v) is 7.46. The number of amides is 1. The van der Waals surface area contributed by atoms with Crippen LogP contribution in [0, 0.1) is 11.6 Å². The molecule has 0 aliphatic heterocycles. The van der Waals surface area contributed by atoms with Crippen LogP contribution in [-0.2, 0) is 20.9 Å². The van der Waals surface area contributed by atoms with E-state index in [1.165, 1.54) is 26.2 Å². The van der Waals surface area contributed by atoms with Gasteiger partial charge in [0.15, 0.2) is 6.10 Å². The van der Waals surface area contributed by atoms with Crippen molar-refractivity contribution < 1.29 is 27.8 Å². The van der Waals surface area contributed by atoms with Crippen molar-refractivity contribution in [1.29, 1.82) is 0 Å². The third kappa shape index (κ3) is 4.84. The van der Waals surface area contributed by atoms with E-state index in [4.69, 9.17) is 9.47 Å². The predicted octanol–water partition coefficient (Wildman–Crippen LogP) is 3.30. The molecule has 0 saturated carbocycles. The molecule has 2 aromatic rings. The maximum atomic E-state index is 13.5. The molecule has 7 heteroatoms. The molecular weight excluding hydrogens is 332 g/mol. The number of nitrogens with one attached hydrogen (secondary N) is 1. The van der Waals surface area contributed by atoms with Gasteiger partial charge in [-0.15, -0.1) is 0 Å². The molecule has 1 amide bonds. The van der Waals surface area contributed by atoms with Gasteiger partial charge in [0.1, 0.15) is 17.3 Å². The molecule has 0 bridgehead atoms. The van der Waals surface area contributed by atoms with E-state index in [0.29, 0.717) is 6.61 Å². The zero-order chi connectivity index (χ0) is 18.4. The van der Waals surface area contributed by atoms with Crippen molar-refractivity contribution in [3.8, 4) is 0 Å². The predicted molar refractivity (Wildman–Crippen MR) is 87.0 cm³/mol. The molecule has 2 aromatic carbocycles. The Bertz CT molecular complexity index is 759. The summed E-state index contributed by atoms with van der Waals surface area (Å²) in [5.41, 5.74) is 0.422. The van der Waals surface area contributed by atoms with Crippen LogP contribution in [0.1, 0.15) is 22.8 Å². The van der Waals surface area contributed by atoms with Gasteiger partial charge in [-0.1, -0.05) is 18.2 Å². The van der Waals surface area contributed by atoms with Gasteiger partial charge >= 0.3 is 5.97 Å². The van der Waals surface area contributed by atoms with Crippen LogP contribution in [0.3, 0.4) is 0 Å². The molecular formula is C18H17F2NO4. The number of methoxy groups -OCH3 is 1. The summed E-state index contributed by atoms with van der Waals surface area (Å²) >= 11 is 0. The fourth-order valence-electron chi connectivity index (χ4n) is 2.08. The minimum Gasteiger partial charge on any atom is -0.449 e. The van der Waals surface area contributed by atoms with E-state index >= 15 is 0 Å². The number of para-hydroxylation sites is 1. The van der Waals surface area contributed by atoms with E-state index in [1.807, 2.05) is 0 Å². The van der Waals surface area contributed by atoms with Gasteiger partial charge in [-0.25, -0.2) is 13.6 Å². The Morgan fingerprint density at radius 2 is 1.76 bits per heavy atom. The molecule has 0 aliphatic carbocycles. The van der Waals surface area contributed by atoms with Gasteiger partial charge in [-0.2, -0.15) is 0 Å². The normalized spacial score (nSPS) is 11.7. The second-order valence-corrected chi connectivity index (χ2v) is 5.27. The SMILES string of the molecule is COCc1cccc(C(=O)O[C@@H](C)C(=O)Nc2c(F)cccc2F)c1. The molecule has 0 fully saturated rings. The van der Waals surface area contributed by atoms with Crippen LogP contribution in [0.4, 0.5) is 14.5 Å². The molecule has 1 atom stereocenters. The smallest absolute Gasteiger partial charge is 0.338 e. The third-order valence-electron chi connectivity index (χ3n) is 3.34. The number of esters is 1. The number of hydrogen-bond acceptors (Lipinski definition) is 4. The van der Waals surface area contributed by atoms with E-state index in [0.717, 1.165) is 17.7 Å². The minimum absolute atomic E-state index is 0.242. The van der Waals surface area contributed by atoms with Gasteiger partial charge in [0.05, 0.1) is 12.2 Å². The largest absolute Gasteiger partial charge is 0.449 e. The van der Waals surface area contributed by atoms with Crippen LogP contribution in [-0.4, -0.2) is 25.1 Å². The first kappa shape index (κ1) is 18.5. The summed E-state index contributed by atoms with van der Waals surface area (Å²) in [5.74, 6) is -3.40. The fraction of sp³-hybridized carbons (Fsp3) is 0.222. The summed E-state index contributed by atoms with van der Waals surface area (Å²) in [7, 11) is 1.53. The molecule has 0 saturated heterocycles. The number of carbonyl (C=O) groups excluding carboxylic acids is 2. The van der Waals surface area contributed by atoms with Gasteiger partial charge in [-0.3, -0.25) is 4.79 Å². The van der Waals surface area contributed by atoms with Gasteiger partial charge in [0.2, 0.25) is 0 Å². The molecule has 1 N–H and O–H groups in total. The summed E-state index contributed by atoms with van der Waals surface area (Å²) in [6.07, 6.45) is -1.24. The molecule has 5 nitrogen and oxygen atoms in total. The molecule has 0 unspecified atom stereocenters. The molecule has 132 valence electrons. The summed E-state index contributed by atoms with van der Waals surface area (Å²) in [5, 5.41) is 2.08. The Kier molecular flexibility index (Phi) is 6.19. The Balaban J connectivity index is 2.03. The lowest BCUT2D eigenvalue weighted by molar-refractivity contribution is -0.123. The number of rotatable bonds is 6. The highest BCUT2D eigenvalue weighted by Crippen LogP contribution is 2.18. The summed E-state index contributed by atoms with van der Waals surface area (Å²) in [6, 6.07) is 9.74. The van der Waals surface area contributed by atoms with Crippen LogP contribution in [0.5, 0.6) is 0 Å². The number of carbonyl (C=O) groups is 2. The van der Waals surface area contributed by atoms with Crippen molar-refractivity contribution in [2.24, 2.45) is 0 Å². The first-order chi connectivity index (χ1) is 11.9. The van der Waals surface area contributed by atoms with Crippen molar-refractivity contribution in [3.05, 3.63) is 65.2 Å². The van der Waals surface area contributed by atoms with Crippen LogP contribution in [0.15, 0.2) is 42.5 Å². The number of ether oxygens (including phenoxy) is 2. The Labute approximate surface area is 143 Å². The van der Waals surface area contributed by atoms with Crippen molar-refractivity contribution in [3.63, 3.8) is 0 Å². The lowest BCUT2D eigenvalue weighted by atomic mass is 10.1. The Hall–Kier alpha value is -2.80. The molecule has 0 aliphatic rings. The standard InChI is InChI=1S/C18H17F2NO4/c1-11(17(22)21-16-14(19)7-4-8-15(16)20)25-18(23)13-6-3-5-12(9-13)10-24-2/h3-9,11H,10H2,1-2H3,(H,21,22)/t11-/m0/s1. The van der Waals surface area contributed by atoms with Gasteiger partial charge in [-0.05, 0) is 36.8 Å². The lowest BCUT2D eigenvalue weighted by Gasteiger charge is -2.14. The molecule has 0 aromatic heterocycles. The molecule has 0 radical (unpaired) electrons. The van der Waals surface area contributed by atoms with E-state index in [1.54, 1.807) is 18.2 Å². The number of hydrogen-bond donors (Lipinski definition) is 1. The van der Waals surface area contributed by atoms with Crippen molar-refractivity contribution in [1.82, 2.24) is 0 Å². The molecule has 0 spiro atoms. The zero-order valence-electron chi connectivity index (χ0n) is 13.7. The monoisotopic (exact) mass is 349 g/mol. The average Bonchev–Trinajstić information content (AvgIpc) is 2.58. The Morgan fingerprint density at radius 1 is 1.12 bits per heavy atom. The lowest BCUT2D eigenvalue weighted by Crippen LogP contribution is -2.30. The number of halogens is 2. The quantitative estimate of drug-likeness (QED) is 0.813. The fourth-order valence-corrected chi connectivity index (χ4v) is 2.08. The van der Waals surface area contributed by atoms with Crippen molar-refractivity contribution in [2.75, 3.05) is 12.4 Å². The van der Waals surface area contributed by atoms with E-state index < -0.39 is 35.3 Å². The zero-order valence-corrected chi connectivity index (χ0v) is 13.7. The maximum Gasteiger partial charge on any atom is 0.338 e. The van der Waals surface area contributed by atoms with Crippen molar-refractivity contribution >= 4 is 17.6 Å². The highest BCUT2D eigenvalue weighted by atomic mass is 19.1. The summed E-state index contributed by atoms with van der Waals surface area (Å²) in [6.45, 7) is 1.63. The van der Waals surface area contributed by atoms with Crippen LogP contribution in [0.25, 0.3) is 0 Å². The topological polar surface area (TPSA) is 64.6 Å².